The van der Waals surface area contributed by atoms with Gasteiger partial charge in [0.2, 0.25) is 10.0 Å². The monoisotopic (exact) mass is 343 g/mol. The lowest BCUT2D eigenvalue weighted by Crippen LogP contribution is -2.29. The average molecular weight is 344 g/mol. The zero-order chi connectivity index (χ0) is 16.0. The zero-order valence-electron chi connectivity index (χ0n) is 12.1. The SMILES string of the molecule is O=S(=O)(N[C@H]1c2cccc3cccc(c23)[C@@H]1Cl)c1ccccc1. The van der Waals surface area contributed by atoms with Gasteiger partial charge < -0.3 is 0 Å². The van der Waals surface area contributed by atoms with Gasteiger partial charge in [0, 0.05) is 0 Å². The fraction of sp³-hybridized carbons (Fsp3) is 0.111. The van der Waals surface area contributed by atoms with Gasteiger partial charge in [-0.25, -0.2) is 13.1 Å². The molecule has 0 aromatic heterocycles. The van der Waals surface area contributed by atoms with Crippen LogP contribution in [0.1, 0.15) is 22.5 Å². The first-order chi connectivity index (χ1) is 11.1. The first kappa shape index (κ1) is 14.7. The van der Waals surface area contributed by atoms with E-state index in [1.807, 2.05) is 36.4 Å². The van der Waals surface area contributed by atoms with Gasteiger partial charge in [0.15, 0.2) is 0 Å². The van der Waals surface area contributed by atoms with Crippen molar-refractivity contribution in [3.63, 3.8) is 0 Å². The molecule has 0 bridgehead atoms. The highest BCUT2D eigenvalue weighted by molar-refractivity contribution is 7.89. The van der Waals surface area contributed by atoms with E-state index in [1.54, 1.807) is 30.3 Å². The van der Waals surface area contributed by atoms with Crippen molar-refractivity contribution in [2.45, 2.75) is 16.3 Å². The summed E-state index contributed by atoms with van der Waals surface area (Å²) in [7, 11) is -3.63. The molecule has 0 unspecified atom stereocenters. The van der Waals surface area contributed by atoms with Crippen molar-refractivity contribution in [2.24, 2.45) is 0 Å². The molecule has 2 atom stereocenters. The number of hydrogen-bond donors (Lipinski definition) is 1. The fourth-order valence-electron chi connectivity index (χ4n) is 3.18. The molecule has 0 saturated carbocycles. The van der Waals surface area contributed by atoms with Crippen molar-refractivity contribution in [3.8, 4) is 0 Å². The summed E-state index contributed by atoms with van der Waals surface area (Å²) in [5, 5.41) is 1.71. The zero-order valence-corrected chi connectivity index (χ0v) is 13.7. The number of nitrogens with one attached hydrogen (secondary N) is 1. The largest absolute Gasteiger partial charge is 0.241 e. The maximum atomic E-state index is 12.6. The molecule has 1 N–H and O–H groups in total. The van der Waals surface area contributed by atoms with Crippen LogP contribution in [-0.4, -0.2) is 8.42 Å². The Kier molecular flexibility index (Phi) is 3.41. The van der Waals surface area contributed by atoms with Crippen LogP contribution in [0.15, 0.2) is 71.6 Å². The van der Waals surface area contributed by atoms with Gasteiger partial charge >= 0.3 is 0 Å². The number of halogens is 1. The summed E-state index contributed by atoms with van der Waals surface area (Å²) in [5.74, 6) is 0. The fourth-order valence-corrected chi connectivity index (χ4v) is 4.89. The predicted molar refractivity (Wildman–Crippen MR) is 92.0 cm³/mol. The minimum atomic E-state index is -3.63. The molecule has 3 aromatic carbocycles. The molecule has 4 rings (SSSR count). The van der Waals surface area contributed by atoms with Gasteiger partial charge in [0.25, 0.3) is 0 Å². The summed E-state index contributed by atoms with van der Waals surface area (Å²) in [5.41, 5.74) is 1.90. The lowest BCUT2D eigenvalue weighted by atomic mass is 10.1. The molecule has 0 aliphatic heterocycles. The van der Waals surface area contributed by atoms with Gasteiger partial charge in [0.1, 0.15) is 0 Å². The van der Waals surface area contributed by atoms with E-state index >= 15 is 0 Å². The number of hydrogen-bond acceptors (Lipinski definition) is 2. The van der Waals surface area contributed by atoms with Crippen LogP contribution in [0.4, 0.5) is 0 Å². The van der Waals surface area contributed by atoms with E-state index in [9.17, 15) is 8.42 Å². The molecule has 116 valence electrons. The van der Waals surface area contributed by atoms with Crippen LogP contribution in [-0.2, 0) is 10.0 Å². The highest BCUT2D eigenvalue weighted by Gasteiger charge is 2.35. The molecular weight excluding hydrogens is 330 g/mol. The van der Waals surface area contributed by atoms with E-state index in [-0.39, 0.29) is 4.90 Å². The van der Waals surface area contributed by atoms with Crippen LogP contribution in [0.3, 0.4) is 0 Å². The quantitative estimate of drug-likeness (QED) is 0.726. The number of sulfonamides is 1. The molecule has 3 aromatic rings. The Morgan fingerprint density at radius 2 is 1.48 bits per heavy atom. The minimum absolute atomic E-state index is 0.243. The lowest BCUT2D eigenvalue weighted by molar-refractivity contribution is 0.556. The van der Waals surface area contributed by atoms with Crippen LogP contribution in [0.5, 0.6) is 0 Å². The highest BCUT2D eigenvalue weighted by Crippen LogP contribution is 2.47. The minimum Gasteiger partial charge on any atom is -0.207 e. The second-order valence-corrected chi connectivity index (χ2v) is 7.79. The summed E-state index contributed by atoms with van der Waals surface area (Å²) in [6.07, 6.45) is 0. The molecule has 5 heteroatoms. The predicted octanol–water partition coefficient (Wildman–Crippen LogP) is 4.15. The van der Waals surface area contributed by atoms with Crippen molar-refractivity contribution < 1.29 is 8.42 Å². The Morgan fingerprint density at radius 1 is 0.826 bits per heavy atom. The number of rotatable bonds is 3. The molecule has 23 heavy (non-hydrogen) atoms. The van der Waals surface area contributed by atoms with Gasteiger partial charge in [-0.15, -0.1) is 11.6 Å². The van der Waals surface area contributed by atoms with Crippen LogP contribution >= 0.6 is 11.6 Å². The number of alkyl halides is 1. The van der Waals surface area contributed by atoms with E-state index in [4.69, 9.17) is 11.6 Å². The second-order valence-electron chi connectivity index (χ2n) is 5.61. The van der Waals surface area contributed by atoms with Crippen LogP contribution in [0.25, 0.3) is 10.8 Å². The smallest absolute Gasteiger partial charge is 0.207 e. The van der Waals surface area contributed by atoms with E-state index < -0.39 is 21.4 Å². The molecule has 0 saturated heterocycles. The Balaban J connectivity index is 1.79. The Morgan fingerprint density at radius 3 is 2.17 bits per heavy atom. The molecule has 0 spiro atoms. The van der Waals surface area contributed by atoms with Crippen LogP contribution in [0.2, 0.25) is 0 Å². The molecule has 0 fully saturated rings. The summed E-state index contributed by atoms with van der Waals surface area (Å²) < 4.78 is 28.0. The third kappa shape index (κ3) is 2.34. The third-order valence-corrected chi connectivity index (χ3v) is 6.17. The lowest BCUT2D eigenvalue weighted by Gasteiger charge is -2.18. The highest BCUT2D eigenvalue weighted by atomic mass is 35.5. The normalized spacial score (nSPS) is 20.0. The Labute approximate surface area is 140 Å². The van der Waals surface area contributed by atoms with Gasteiger partial charge in [0.05, 0.1) is 16.3 Å². The first-order valence-electron chi connectivity index (χ1n) is 7.31. The summed E-state index contributed by atoms with van der Waals surface area (Å²) in [6.45, 7) is 0. The van der Waals surface area contributed by atoms with Gasteiger partial charge in [-0.1, -0.05) is 54.6 Å². The van der Waals surface area contributed by atoms with Gasteiger partial charge in [-0.2, -0.15) is 0 Å². The van der Waals surface area contributed by atoms with E-state index in [0.717, 1.165) is 21.9 Å². The first-order valence-corrected chi connectivity index (χ1v) is 9.23. The standard InChI is InChI=1S/C18H14ClNO2S/c19-17-14-10-4-6-12-7-5-11-15(16(12)14)18(17)20-23(21,22)13-8-2-1-3-9-13/h1-11,17-18,20H/t17-,18-/m0/s1. The van der Waals surface area contributed by atoms with Crippen molar-refractivity contribution in [1.82, 2.24) is 4.72 Å². The summed E-state index contributed by atoms with van der Waals surface area (Å²) in [6, 6.07) is 19.7. The number of benzene rings is 3. The second kappa shape index (κ2) is 5.34. The maximum absolute atomic E-state index is 12.6. The molecule has 0 radical (unpaired) electrons. The molecule has 1 aliphatic rings. The van der Waals surface area contributed by atoms with Crippen molar-refractivity contribution in [1.29, 1.82) is 0 Å². The van der Waals surface area contributed by atoms with Crippen molar-refractivity contribution in [2.75, 3.05) is 0 Å². The van der Waals surface area contributed by atoms with Gasteiger partial charge in [-0.05, 0) is 34.0 Å². The molecule has 0 amide bonds. The molecule has 3 nitrogen and oxygen atoms in total. The van der Waals surface area contributed by atoms with E-state index in [0.29, 0.717) is 0 Å². The molecule has 0 heterocycles. The average Bonchev–Trinajstić information content (AvgIpc) is 2.84. The third-order valence-electron chi connectivity index (χ3n) is 4.23. The van der Waals surface area contributed by atoms with E-state index in [2.05, 4.69) is 4.72 Å². The Hall–Kier alpha value is -1.88. The van der Waals surface area contributed by atoms with Crippen molar-refractivity contribution >= 4 is 32.4 Å². The van der Waals surface area contributed by atoms with Gasteiger partial charge in [-0.3, -0.25) is 0 Å². The summed E-state index contributed by atoms with van der Waals surface area (Å²) in [4.78, 5) is 0.243. The molecular formula is C18H14ClNO2S. The topological polar surface area (TPSA) is 46.2 Å². The van der Waals surface area contributed by atoms with E-state index in [1.165, 1.54) is 0 Å². The van der Waals surface area contributed by atoms with Crippen LogP contribution < -0.4 is 4.72 Å². The molecule has 1 aliphatic carbocycles. The summed E-state index contributed by atoms with van der Waals surface area (Å²) >= 11 is 6.58. The Bertz CT molecular complexity index is 981. The van der Waals surface area contributed by atoms with Crippen molar-refractivity contribution in [3.05, 3.63) is 77.9 Å². The van der Waals surface area contributed by atoms with Crippen LogP contribution in [0, 0.1) is 0 Å². The maximum Gasteiger partial charge on any atom is 0.241 e.